The van der Waals surface area contributed by atoms with E-state index < -0.39 is 0 Å². The summed E-state index contributed by atoms with van der Waals surface area (Å²) in [6.07, 6.45) is 4.26. The first-order chi connectivity index (χ1) is 7.24. The lowest BCUT2D eigenvalue weighted by Gasteiger charge is -1.98. The van der Waals surface area contributed by atoms with Crippen LogP contribution >= 0.6 is 0 Å². The molecule has 0 fully saturated rings. The highest BCUT2D eigenvalue weighted by molar-refractivity contribution is 5.54. The SMILES string of the molecule is [N-]=[N+]=NCCC=Cc1ccc(O)c(O)c1. The fourth-order valence-electron chi connectivity index (χ4n) is 1.04. The third kappa shape index (κ3) is 3.62. The maximum Gasteiger partial charge on any atom is 0.157 e. The molecule has 0 saturated heterocycles. The summed E-state index contributed by atoms with van der Waals surface area (Å²) in [5.41, 5.74) is 8.81. The van der Waals surface area contributed by atoms with E-state index >= 15 is 0 Å². The molecule has 5 nitrogen and oxygen atoms in total. The van der Waals surface area contributed by atoms with Crippen molar-refractivity contribution in [1.29, 1.82) is 0 Å². The number of benzene rings is 1. The highest BCUT2D eigenvalue weighted by Crippen LogP contribution is 2.25. The van der Waals surface area contributed by atoms with Gasteiger partial charge in [0.25, 0.3) is 0 Å². The second-order valence-electron chi connectivity index (χ2n) is 2.89. The van der Waals surface area contributed by atoms with Crippen molar-refractivity contribution in [3.63, 3.8) is 0 Å². The van der Waals surface area contributed by atoms with Crippen LogP contribution in [0.25, 0.3) is 16.5 Å². The Kier molecular flexibility index (Phi) is 4.06. The average Bonchev–Trinajstić information content (AvgIpc) is 2.23. The van der Waals surface area contributed by atoms with Gasteiger partial charge < -0.3 is 10.2 Å². The molecule has 0 unspecified atom stereocenters. The van der Waals surface area contributed by atoms with Gasteiger partial charge >= 0.3 is 0 Å². The molecule has 2 N–H and O–H groups in total. The Morgan fingerprint density at radius 3 is 2.80 bits per heavy atom. The molecule has 5 heteroatoms. The number of azide groups is 1. The van der Waals surface area contributed by atoms with Crippen molar-refractivity contribution < 1.29 is 10.2 Å². The van der Waals surface area contributed by atoms with E-state index in [0.29, 0.717) is 13.0 Å². The van der Waals surface area contributed by atoms with E-state index in [2.05, 4.69) is 10.0 Å². The number of phenols is 2. The summed E-state index contributed by atoms with van der Waals surface area (Å²) in [6, 6.07) is 4.56. The van der Waals surface area contributed by atoms with Crippen molar-refractivity contribution in [2.24, 2.45) is 5.11 Å². The van der Waals surface area contributed by atoms with Crippen molar-refractivity contribution >= 4 is 6.08 Å². The predicted molar refractivity (Wildman–Crippen MR) is 57.4 cm³/mol. The van der Waals surface area contributed by atoms with Gasteiger partial charge in [0.05, 0.1) is 0 Å². The van der Waals surface area contributed by atoms with Gasteiger partial charge in [0, 0.05) is 11.5 Å². The van der Waals surface area contributed by atoms with Crippen LogP contribution in [0.5, 0.6) is 11.5 Å². The molecule has 0 aliphatic rings. The van der Waals surface area contributed by atoms with Gasteiger partial charge in [-0.15, -0.1) is 0 Å². The monoisotopic (exact) mass is 205 g/mol. The molecule has 0 radical (unpaired) electrons. The van der Waals surface area contributed by atoms with Gasteiger partial charge in [-0.3, -0.25) is 0 Å². The summed E-state index contributed by atoms with van der Waals surface area (Å²) >= 11 is 0. The molecular formula is C10H11N3O2. The Bertz CT molecular complexity index is 409. The maximum atomic E-state index is 9.19. The van der Waals surface area contributed by atoms with Crippen LogP contribution in [0.1, 0.15) is 12.0 Å². The first kappa shape index (κ1) is 10.9. The fraction of sp³-hybridized carbons (Fsp3) is 0.200. The van der Waals surface area contributed by atoms with Gasteiger partial charge in [0.1, 0.15) is 0 Å². The van der Waals surface area contributed by atoms with Crippen LogP contribution in [-0.2, 0) is 0 Å². The zero-order valence-electron chi connectivity index (χ0n) is 8.04. The van der Waals surface area contributed by atoms with Crippen LogP contribution in [0, 0.1) is 0 Å². The standard InChI is InChI=1S/C10H11N3O2/c11-13-12-6-2-1-3-8-4-5-9(14)10(15)7-8/h1,3-5,7,14-15H,2,6H2. The molecule has 0 spiro atoms. The molecular weight excluding hydrogens is 194 g/mol. The molecule has 78 valence electrons. The lowest BCUT2D eigenvalue weighted by Crippen LogP contribution is -1.75. The minimum atomic E-state index is -0.146. The summed E-state index contributed by atoms with van der Waals surface area (Å²) in [4.78, 5) is 2.62. The third-order valence-electron chi connectivity index (χ3n) is 1.77. The Morgan fingerprint density at radius 1 is 1.33 bits per heavy atom. The Hall–Kier alpha value is -2.13. The molecule has 1 rings (SSSR count). The normalized spacial score (nSPS) is 10.1. The van der Waals surface area contributed by atoms with Gasteiger partial charge in [-0.05, 0) is 29.6 Å². The van der Waals surface area contributed by atoms with Crippen molar-refractivity contribution in [2.75, 3.05) is 6.54 Å². The van der Waals surface area contributed by atoms with E-state index in [-0.39, 0.29) is 11.5 Å². The average molecular weight is 205 g/mol. The van der Waals surface area contributed by atoms with E-state index in [9.17, 15) is 5.11 Å². The molecule has 1 aromatic rings. The van der Waals surface area contributed by atoms with Gasteiger partial charge in [0.15, 0.2) is 11.5 Å². The molecule has 0 heterocycles. The van der Waals surface area contributed by atoms with E-state index in [0.717, 1.165) is 5.56 Å². The van der Waals surface area contributed by atoms with E-state index in [1.165, 1.54) is 12.1 Å². The molecule has 0 bridgehead atoms. The predicted octanol–water partition coefficient (Wildman–Crippen LogP) is 2.81. The number of nitrogens with zero attached hydrogens (tertiary/aromatic N) is 3. The van der Waals surface area contributed by atoms with Gasteiger partial charge in [0.2, 0.25) is 0 Å². The summed E-state index contributed by atoms with van der Waals surface area (Å²) in [5.74, 6) is -0.284. The zero-order chi connectivity index (χ0) is 11.1. The van der Waals surface area contributed by atoms with Crippen molar-refractivity contribution in [2.45, 2.75) is 6.42 Å². The minimum Gasteiger partial charge on any atom is -0.504 e. The lowest BCUT2D eigenvalue weighted by molar-refractivity contribution is 0.403. The minimum absolute atomic E-state index is 0.138. The molecule has 0 saturated carbocycles. The molecule has 15 heavy (non-hydrogen) atoms. The van der Waals surface area contributed by atoms with E-state index in [4.69, 9.17) is 10.6 Å². The Labute approximate surface area is 86.9 Å². The summed E-state index contributed by atoms with van der Waals surface area (Å²) < 4.78 is 0. The summed E-state index contributed by atoms with van der Waals surface area (Å²) in [6.45, 7) is 0.414. The fourth-order valence-corrected chi connectivity index (χ4v) is 1.04. The third-order valence-corrected chi connectivity index (χ3v) is 1.77. The largest absolute Gasteiger partial charge is 0.504 e. The number of hydrogen-bond acceptors (Lipinski definition) is 3. The van der Waals surface area contributed by atoms with Gasteiger partial charge in [-0.2, -0.15) is 0 Å². The van der Waals surface area contributed by atoms with Crippen molar-refractivity contribution in [1.82, 2.24) is 0 Å². The Balaban J connectivity index is 2.56. The highest BCUT2D eigenvalue weighted by Gasteiger charge is 1.96. The summed E-state index contributed by atoms with van der Waals surface area (Å²) in [7, 11) is 0. The van der Waals surface area contributed by atoms with Crippen LogP contribution in [0.2, 0.25) is 0 Å². The second kappa shape index (κ2) is 5.57. The van der Waals surface area contributed by atoms with E-state index in [1.807, 2.05) is 6.08 Å². The van der Waals surface area contributed by atoms with Gasteiger partial charge in [-0.1, -0.05) is 23.3 Å². The van der Waals surface area contributed by atoms with Crippen molar-refractivity contribution in [3.05, 3.63) is 40.3 Å². The number of hydrogen-bond donors (Lipinski definition) is 2. The first-order valence-corrected chi connectivity index (χ1v) is 4.43. The quantitative estimate of drug-likeness (QED) is 0.260. The zero-order valence-corrected chi connectivity index (χ0v) is 8.04. The number of phenolic OH excluding ortho intramolecular Hbond substituents is 2. The van der Waals surface area contributed by atoms with Crippen LogP contribution in [0.3, 0.4) is 0 Å². The van der Waals surface area contributed by atoms with E-state index in [1.54, 1.807) is 12.1 Å². The number of aromatic hydroxyl groups is 2. The highest BCUT2D eigenvalue weighted by atomic mass is 16.3. The smallest absolute Gasteiger partial charge is 0.157 e. The summed E-state index contributed by atoms with van der Waals surface area (Å²) in [5, 5.41) is 21.6. The molecule has 0 atom stereocenters. The van der Waals surface area contributed by atoms with Gasteiger partial charge in [-0.25, -0.2) is 0 Å². The van der Waals surface area contributed by atoms with Crippen molar-refractivity contribution in [3.8, 4) is 11.5 Å². The first-order valence-electron chi connectivity index (χ1n) is 4.43. The molecule has 1 aromatic carbocycles. The maximum absolute atomic E-state index is 9.19. The number of rotatable bonds is 4. The Morgan fingerprint density at radius 2 is 2.13 bits per heavy atom. The molecule has 0 aromatic heterocycles. The molecule has 0 aliphatic heterocycles. The van der Waals surface area contributed by atoms with Crippen LogP contribution in [0.15, 0.2) is 29.4 Å². The second-order valence-corrected chi connectivity index (χ2v) is 2.89. The molecule has 0 amide bonds. The van der Waals surface area contributed by atoms with Crippen LogP contribution in [0.4, 0.5) is 0 Å². The van der Waals surface area contributed by atoms with Crippen LogP contribution in [-0.4, -0.2) is 16.8 Å². The lowest BCUT2D eigenvalue weighted by atomic mass is 10.2. The molecule has 0 aliphatic carbocycles. The topological polar surface area (TPSA) is 89.2 Å². The van der Waals surface area contributed by atoms with Crippen LogP contribution < -0.4 is 0 Å².